The van der Waals surface area contributed by atoms with Crippen LogP contribution in [-0.4, -0.2) is 36.1 Å². The summed E-state index contributed by atoms with van der Waals surface area (Å²) in [5.74, 6) is 0.960. The van der Waals surface area contributed by atoms with Gasteiger partial charge in [-0.2, -0.15) is 11.3 Å². The van der Waals surface area contributed by atoms with Crippen molar-refractivity contribution in [3.63, 3.8) is 0 Å². The highest BCUT2D eigenvalue weighted by Gasteiger charge is 2.47. The van der Waals surface area contributed by atoms with E-state index < -0.39 is 5.54 Å². The Morgan fingerprint density at radius 1 is 1.52 bits per heavy atom. The Kier molecular flexibility index (Phi) is 4.33. The van der Waals surface area contributed by atoms with Gasteiger partial charge in [-0.25, -0.2) is 0 Å². The first-order chi connectivity index (χ1) is 10.1. The molecule has 0 bridgehead atoms. The predicted octanol–water partition coefficient (Wildman–Crippen LogP) is 2.77. The maximum atomic E-state index is 12.7. The number of hydrogen-bond acceptors (Lipinski definition) is 4. The maximum Gasteiger partial charge on any atom is 0.244 e. The largest absolute Gasteiger partial charge is 0.379 e. The van der Waals surface area contributed by atoms with Gasteiger partial charge in [-0.1, -0.05) is 6.92 Å². The number of nitrogens with zero attached hydrogens (tertiary/aromatic N) is 1. The van der Waals surface area contributed by atoms with Crippen molar-refractivity contribution in [2.45, 2.75) is 44.8 Å². The number of carbonyl (C=O) groups excluding carboxylic acids is 1. The minimum absolute atomic E-state index is 0.0155. The second-order valence-electron chi connectivity index (χ2n) is 6.31. The number of hydrogen-bond donors (Lipinski definition) is 1. The van der Waals surface area contributed by atoms with Gasteiger partial charge >= 0.3 is 0 Å². The van der Waals surface area contributed by atoms with E-state index in [1.165, 1.54) is 18.4 Å². The van der Waals surface area contributed by atoms with Crippen molar-refractivity contribution in [2.75, 3.05) is 19.8 Å². The van der Waals surface area contributed by atoms with Crippen molar-refractivity contribution in [1.82, 2.24) is 10.2 Å². The number of rotatable bonds is 7. The normalized spacial score (nSPS) is 29.3. The van der Waals surface area contributed by atoms with Crippen molar-refractivity contribution in [3.8, 4) is 0 Å². The van der Waals surface area contributed by atoms with Crippen molar-refractivity contribution in [3.05, 3.63) is 22.4 Å². The molecule has 2 aliphatic rings. The van der Waals surface area contributed by atoms with Gasteiger partial charge < -0.3 is 9.64 Å². The Balaban J connectivity index is 1.65. The van der Waals surface area contributed by atoms with E-state index >= 15 is 0 Å². The molecule has 116 valence electrons. The molecule has 2 heterocycles. The molecule has 4 nitrogen and oxygen atoms in total. The van der Waals surface area contributed by atoms with Crippen LogP contribution in [0.3, 0.4) is 0 Å². The third-order valence-corrected chi connectivity index (χ3v) is 5.29. The molecule has 1 aliphatic carbocycles. The summed E-state index contributed by atoms with van der Waals surface area (Å²) in [6.45, 7) is 6.20. The van der Waals surface area contributed by atoms with Gasteiger partial charge in [-0.05, 0) is 54.5 Å². The minimum Gasteiger partial charge on any atom is -0.379 e. The van der Waals surface area contributed by atoms with Gasteiger partial charge in [0, 0.05) is 13.2 Å². The lowest BCUT2D eigenvalue weighted by Crippen LogP contribution is -2.43. The van der Waals surface area contributed by atoms with Crippen LogP contribution >= 0.6 is 11.3 Å². The van der Waals surface area contributed by atoms with Crippen LogP contribution < -0.4 is 5.32 Å². The summed E-state index contributed by atoms with van der Waals surface area (Å²) in [6, 6.07) is 2.09. The second kappa shape index (κ2) is 6.07. The average molecular weight is 308 g/mol. The highest BCUT2D eigenvalue weighted by atomic mass is 32.1. The molecule has 0 spiro atoms. The Morgan fingerprint density at radius 2 is 2.33 bits per heavy atom. The van der Waals surface area contributed by atoms with Gasteiger partial charge in [0.15, 0.2) is 0 Å². The van der Waals surface area contributed by atoms with Crippen LogP contribution in [0, 0.1) is 5.92 Å². The molecule has 2 fully saturated rings. The van der Waals surface area contributed by atoms with Gasteiger partial charge in [0.1, 0.15) is 6.17 Å². The SMILES string of the molecule is CCC1(C)NC(c2ccsc2)N(CCOCC2CC2)C1=O. The van der Waals surface area contributed by atoms with E-state index in [0.29, 0.717) is 13.2 Å². The topological polar surface area (TPSA) is 41.6 Å². The van der Waals surface area contributed by atoms with E-state index in [4.69, 9.17) is 4.74 Å². The number of amides is 1. The van der Waals surface area contributed by atoms with Crippen molar-refractivity contribution in [1.29, 1.82) is 0 Å². The summed E-state index contributed by atoms with van der Waals surface area (Å²) in [5, 5.41) is 7.68. The molecule has 5 heteroatoms. The summed E-state index contributed by atoms with van der Waals surface area (Å²) in [7, 11) is 0. The van der Waals surface area contributed by atoms with E-state index in [1.54, 1.807) is 11.3 Å². The first-order valence-corrected chi connectivity index (χ1v) is 8.77. The van der Waals surface area contributed by atoms with Crippen LogP contribution in [0.5, 0.6) is 0 Å². The zero-order valence-corrected chi connectivity index (χ0v) is 13.6. The molecule has 1 aromatic rings. The number of ether oxygens (including phenoxy) is 1. The highest BCUT2D eigenvalue weighted by molar-refractivity contribution is 7.07. The molecule has 1 saturated carbocycles. The monoisotopic (exact) mass is 308 g/mol. The van der Waals surface area contributed by atoms with Gasteiger partial charge in [-0.15, -0.1) is 0 Å². The molecule has 1 aliphatic heterocycles. The summed E-state index contributed by atoms with van der Waals surface area (Å²) in [4.78, 5) is 14.7. The van der Waals surface area contributed by atoms with Crippen LogP contribution in [0.25, 0.3) is 0 Å². The average Bonchev–Trinajstić information content (AvgIpc) is 3.08. The Morgan fingerprint density at radius 3 is 2.95 bits per heavy atom. The number of nitrogens with one attached hydrogen (secondary N) is 1. The molecular formula is C16H24N2O2S. The maximum absolute atomic E-state index is 12.7. The zero-order valence-electron chi connectivity index (χ0n) is 12.8. The van der Waals surface area contributed by atoms with Crippen molar-refractivity contribution >= 4 is 17.2 Å². The molecule has 21 heavy (non-hydrogen) atoms. The van der Waals surface area contributed by atoms with E-state index in [9.17, 15) is 4.79 Å². The lowest BCUT2D eigenvalue weighted by atomic mass is 9.99. The zero-order chi connectivity index (χ0) is 14.9. The van der Waals surface area contributed by atoms with Crippen molar-refractivity contribution in [2.24, 2.45) is 5.92 Å². The second-order valence-corrected chi connectivity index (χ2v) is 7.09. The fourth-order valence-electron chi connectivity index (χ4n) is 2.75. The van der Waals surface area contributed by atoms with Gasteiger partial charge in [0.25, 0.3) is 0 Å². The van der Waals surface area contributed by atoms with Gasteiger partial charge in [0.05, 0.1) is 12.1 Å². The van der Waals surface area contributed by atoms with Crippen LogP contribution in [-0.2, 0) is 9.53 Å². The Labute approximate surface area is 130 Å². The predicted molar refractivity (Wildman–Crippen MR) is 84.1 cm³/mol. The Bertz CT molecular complexity index is 486. The molecule has 2 atom stereocenters. The number of thiophene rings is 1. The molecule has 0 aromatic carbocycles. The lowest BCUT2D eigenvalue weighted by molar-refractivity contribution is -0.133. The molecule has 1 aromatic heterocycles. The van der Waals surface area contributed by atoms with Crippen LogP contribution in [0.2, 0.25) is 0 Å². The first kappa shape index (κ1) is 15.0. The van der Waals surface area contributed by atoms with Crippen molar-refractivity contribution < 1.29 is 9.53 Å². The van der Waals surface area contributed by atoms with Crippen LogP contribution in [0.15, 0.2) is 16.8 Å². The van der Waals surface area contributed by atoms with E-state index in [2.05, 4.69) is 29.1 Å². The van der Waals surface area contributed by atoms with Crippen LogP contribution in [0.4, 0.5) is 0 Å². The standard InChI is InChI=1S/C16H24N2O2S/c1-3-16(2)15(19)18(7-8-20-10-12-4-5-12)14(17-16)13-6-9-21-11-13/h6,9,11-12,14,17H,3-5,7-8,10H2,1-2H3. The quantitative estimate of drug-likeness (QED) is 0.788. The highest BCUT2D eigenvalue weighted by Crippen LogP contribution is 2.33. The van der Waals surface area contributed by atoms with E-state index in [1.807, 2.05) is 11.8 Å². The summed E-state index contributed by atoms with van der Waals surface area (Å²) < 4.78 is 5.72. The minimum atomic E-state index is -0.455. The van der Waals surface area contributed by atoms with Gasteiger partial charge in [0.2, 0.25) is 5.91 Å². The molecule has 1 saturated heterocycles. The summed E-state index contributed by atoms with van der Waals surface area (Å²) in [5.41, 5.74) is 0.719. The molecule has 1 amide bonds. The fourth-order valence-corrected chi connectivity index (χ4v) is 3.43. The van der Waals surface area contributed by atoms with E-state index in [-0.39, 0.29) is 12.1 Å². The van der Waals surface area contributed by atoms with Crippen LogP contribution in [0.1, 0.15) is 44.8 Å². The summed E-state index contributed by atoms with van der Waals surface area (Å²) >= 11 is 1.67. The smallest absolute Gasteiger partial charge is 0.244 e. The molecule has 1 N–H and O–H groups in total. The number of carbonyl (C=O) groups is 1. The fraction of sp³-hybridized carbons (Fsp3) is 0.688. The Hall–Kier alpha value is -0.910. The third kappa shape index (κ3) is 3.15. The molecule has 2 unspecified atom stereocenters. The van der Waals surface area contributed by atoms with Gasteiger partial charge in [-0.3, -0.25) is 10.1 Å². The lowest BCUT2D eigenvalue weighted by Gasteiger charge is -2.23. The first-order valence-electron chi connectivity index (χ1n) is 7.82. The summed E-state index contributed by atoms with van der Waals surface area (Å²) in [6.07, 6.45) is 3.38. The third-order valence-electron chi connectivity index (χ3n) is 4.59. The van der Waals surface area contributed by atoms with E-state index in [0.717, 1.165) is 18.9 Å². The molecule has 3 rings (SSSR count). The molecular weight excluding hydrogens is 284 g/mol. The molecule has 0 radical (unpaired) electrons.